The lowest BCUT2D eigenvalue weighted by molar-refractivity contribution is -0.194. The van der Waals surface area contributed by atoms with Gasteiger partial charge < -0.3 is 14.4 Å². The molecule has 70 valence electrons. The Morgan fingerprint density at radius 1 is 1.42 bits per heavy atom. The third-order valence-corrected chi connectivity index (χ3v) is 1.61. The molecule has 12 heavy (non-hydrogen) atoms. The van der Waals surface area contributed by atoms with Crippen molar-refractivity contribution in [1.29, 1.82) is 0 Å². The Morgan fingerprint density at radius 3 is 2.50 bits per heavy atom. The van der Waals surface area contributed by atoms with Crippen LogP contribution >= 0.6 is 0 Å². The van der Waals surface area contributed by atoms with Gasteiger partial charge in [0.05, 0.1) is 12.9 Å². The lowest BCUT2D eigenvalue weighted by atomic mass is 10.6. The van der Waals surface area contributed by atoms with Gasteiger partial charge in [0.1, 0.15) is 0 Å². The van der Waals surface area contributed by atoms with Gasteiger partial charge in [-0.3, -0.25) is 4.99 Å². The van der Waals surface area contributed by atoms with E-state index in [0.29, 0.717) is 13.2 Å². The lowest BCUT2D eigenvalue weighted by Gasteiger charge is -2.25. The van der Waals surface area contributed by atoms with E-state index in [0.717, 1.165) is 13.1 Å². The van der Waals surface area contributed by atoms with Crippen LogP contribution in [0.2, 0.25) is 0 Å². The van der Waals surface area contributed by atoms with Crippen LogP contribution in [0, 0.1) is 0 Å². The molecule has 0 amide bonds. The van der Waals surface area contributed by atoms with Crippen molar-refractivity contribution in [2.75, 3.05) is 26.3 Å². The molecular formula is C8H16N2O2. The molecule has 0 aromatic heterocycles. The molecule has 1 rings (SSSR count). The molecule has 4 heteroatoms. The Bertz CT molecular complexity index is 144. The van der Waals surface area contributed by atoms with Gasteiger partial charge in [-0.25, -0.2) is 0 Å². The molecule has 0 spiro atoms. The molecule has 4 nitrogen and oxygen atoms in total. The topological polar surface area (TPSA) is 34.1 Å². The molecule has 0 fully saturated rings. The Hall–Kier alpha value is -0.610. The SMILES string of the molecule is CCOC(OCC)N1C=NCC1. The molecule has 0 bridgehead atoms. The van der Waals surface area contributed by atoms with Crippen molar-refractivity contribution in [2.24, 2.45) is 4.99 Å². The van der Waals surface area contributed by atoms with Crippen molar-refractivity contribution in [3.63, 3.8) is 0 Å². The number of nitrogens with zero attached hydrogens (tertiary/aromatic N) is 2. The van der Waals surface area contributed by atoms with Gasteiger partial charge in [0.2, 0.25) is 6.41 Å². The average molecular weight is 172 g/mol. The maximum atomic E-state index is 5.38. The smallest absolute Gasteiger partial charge is 0.241 e. The molecule has 0 unspecified atom stereocenters. The summed E-state index contributed by atoms with van der Waals surface area (Å²) in [4.78, 5) is 6.06. The molecule has 0 aromatic rings. The van der Waals surface area contributed by atoms with E-state index in [2.05, 4.69) is 4.99 Å². The van der Waals surface area contributed by atoms with Gasteiger partial charge in [-0.05, 0) is 13.8 Å². The van der Waals surface area contributed by atoms with Gasteiger partial charge in [-0.2, -0.15) is 0 Å². The summed E-state index contributed by atoms with van der Waals surface area (Å²) in [6.07, 6.45) is 1.54. The summed E-state index contributed by atoms with van der Waals surface area (Å²) in [5.74, 6) is 0. The highest BCUT2D eigenvalue weighted by Gasteiger charge is 2.17. The van der Waals surface area contributed by atoms with E-state index in [1.807, 2.05) is 18.7 Å². The van der Waals surface area contributed by atoms with Crippen LogP contribution in [0.15, 0.2) is 4.99 Å². The molecule has 0 saturated heterocycles. The molecule has 0 radical (unpaired) electrons. The van der Waals surface area contributed by atoms with Gasteiger partial charge in [0.15, 0.2) is 0 Å². The monoisotopic (exact) mass is 172 g/mol. The maximum Gasteiger partial charge on any atom is 0.241 e. The van der Waals surface area contributed by atoms with E-state index in [4.69, 9.17) is 9.47 Å². The van der Waals surface area contributed by atoms with Crippen molar-refractivity contribution in [3.8, 4) is 0 Å². The van der Waals surface area contributed by atoms with E-state index in [1.165, 1.54) is 0 Å². The normalized spacial score (nSPS) is 16.4. The number of hydrogen-bond acceptors (Lipinski definition) is 4. The second-order valence-electron chi connectivity index (χ2n) is 2.48. The van der Waals surface area contributed by atoms with Gasteiger partial charge in [0, 0.05) is 19.8 Å². The van der Waals surface area contributed by atoms with Crippen LogP contribution in [0.25, 0.3) is 0 Å². The van der Waals surface area contributed by atoms with Crippen LogP contribution in [0.3, 0.4) is 0 Å². The van der Waals surface area contributed by atoms with Crippen molar-refractivity contribution >= 4 is 6.34 Å². The Balaban J connectivity index is 2.34. The van der Waals surface area contributed by atoms with Crippen LogP contribution < -0.4 is 0 Å². The van der Waals surface area contributed by atoms with Gasteiger partial charge in [-0.1, -0.05) is 0 Å². The summed E-state index contributed by atoms with van der Waals surface area (Å²) in [5.41, 5.74) is 0. The van der Waals surface area contributed by atoms with E-state index in [9.17, 15) is 0 Å². The molecule has 1 aliphatic heterocycles. The first kappa shape index (κ1) is 9.48. The van der Waals surface area contributed by atoms with Crippen molar-refractivity contribution in [3.05, 3.63) is 0 Å². The van der Waals surface area contributed by atoms with Crippen molar-refractivity contribution in [1.82, 2.24) is 4.90 Å². The Morgan fingerprint density at radius 2 is 2.08 bits per heavy atom. The highest BCUT2D eigenvalue weighted by Crippen LogP contribution is 2.04. The minimum Gasteiger partial charge on any atom is -0.335 e. The number of rotatable bonds is 5. The highest BCUT2D eigenvalue weighted by atomic mass is 16.7. The van der Waals surface area contributed by atoms with E-state index in [1.54, 1.807) is 6.34 Å². The summed E-state index contributed by atoms with van der Waals surface area (Å²) < 4.78 is 10.8. The minimum absolute atomic E-state index is 0.244. The predicted octanol–water partition coefficient (Wildman–Crippen LogP) is 0.687. The zero-order chi connectivity index (χ0) is 8.81. The lowest BCUT2D eigenvalue weighted by Crippen LogP contribution is -2.37. The second kappa shape index (κ2) is 5.11. The number of ether oxygens (including phenoxy) is 2. The molecule has 0 aromatic carbocycles. The van der Waals surface area contributed by atoms with Crippen LogP contribution in [0.4, 0.5) is 0 Å². The zero-order valence-electron chi connectivity index (χ0n) is 7.69. The summed E-state index contributed by atoms with van der Waals surface area (Å²) >= 11 is 0. The van der Waals surface area contributed by atoms with Crippen molar-refractivity contribution in [2.45, 2.75) is 20.3 Å². The molecule has 0 atom stereocenters. The Kier molecular flexibility index (Phi) is 4.04. The Labute approximate surface area is 73.2 Å². The van der Waals surface area contributed by atoms with Crippen LogP contribution in [-0.2, 0) is 9.47 Å². The fourth-order valence-electron chi connectivity index (χ4n) is 1.08. The fraction of sp³-hybridized carbons (Fsp3) is 0.875. The molecular weight excluding hydrogens is 156 g/mol. The first-order valence-electron chi connectivity index (χ1n) is 4.37. The standard InChI is InChI=1S/C8H16N2O2/c1-3-11-8(12-4-2)10-6-5-9-7-10/h7-8H,3-6H2,1-2H3. The van der Waals surface area contributed by atoms with Gasteiger partial charge >= 0.3 is 0 Å². The zero-order valence-corrected chi connectivity index (χ0v) is 7.69. The summed E-state index contributed by atoms with van der Waals surface area (Å²) in [6, 6.07) is 0. The fourth-order valence-corrected chi connectivity index (χ4v) is 1.08. The van der Waals surface area contributed by atoms with E-state index < -0.39 is 0 Å². The van der Waals surface area contributed by atoms with Crippen LogP contribution in [0.5, 0.6) is 0 Å². The minimum atomic E-state index is -0.244. The second-order valence-corrected chi connectivity index (χ2v) is 2.48. The highest BCUT2D eigenvalue weighted by molar-refractivity contribution is 5.57. The maximum absolute atomic E-state index is 5.38. The van der Waals surface area contributed by atoms with Gasteiger partial charge in [-0.15, -0.1) is 0 Å². The first-order chi connectivity index (χ1) is 5.88. The molecule has 0 saturated carbocycles. The van der Waals surface area contributed by atoms with E-state index in [-0.39, 0.29) is 6.41 Å². The molecule has 1 aliphatic rings. The predicted molar refractivity (Wildman–Crippen MR) is 47.1 cm³/mol. The average Bonchev–Trinajstić information content (AvgIpc) is 2.56. The first-order valence-corrected chi connectivity index (χ1v) is 4.37. The summed E-state index contributed by atoms with van der Waals surface area (Å²) in [5, 5.41) is 0. The third-order valence-electron chi connectivity index (χ3n) is 1.61. The van der Waals surface area contributed by atoms with E-state index >= 15 is 0 Å². The quantitative estimate of drug-likeness (QED) is 0.572. The number of hydrogen-bond donors (Lipinski definition) is 0. The molecule has 0 N–H and O–H groups in total. The largest absolute Gasteiger partial charge is 0.335 e. The summed E-state index contributed by atoms with van der Waals surface area (Å²) in [6.45, 7) is 6.98. The van der Waals surface area contributed by atoms with Crippen LogP contribution in [0.1, 0.15) is 13.8 Å². The number of aliphatic imine (C=N–C) groups is 1. The van der Waals surface area contributed by atoms with Crippen molar-refractivity contribution < 1.29 is 9.47 Å². The van der Waals surface area contributed by atoms with Gasteiger partial charge in [0.25, 0.3) is 0 Å². The third kappa shape index (κ3) is 2.46. The molecule has 1 heterocycles. The summed E-state index contributed by atoms with van der Waals surface area (Å²) in [7, 11) is 0. The molecule has 0 aliphatic carbocycles. The van der Waals surface area contributed by atoms with Crippen LogP contribution in [-0.4, -0.2) is 44.0 Å².